The van der Waals surface area contributed by atoms with E-state index in [1.54, 1.807) is 0 Å². The number of carbonyl (C=O) groups is 2. The highest BCUT2D eigenvalue weighted by Crippen LogP contribution is 3.06. The van der Waals surface area contributed by atoms with E-state index in [0.717, 1.165) is 34.8 Å². The molecule has 30 heavy (non-hydrogen) atoms. The molecule has 7 aliphatic carbocycles. The summed E-state index contributed by atoms with van der Waals surface area (Å²) in [4.78, 5) is 24.7. The molecule has 0 aliphatic heterocycles. The zero-order chi connectivity index (χ0) is 19.9. The molecule has 7 aliphatic rings. The fourth-order valence-corrected chi connectivity index (χ4v) is 9.26. The van der Waals surface area contributed by atoms with Gasteiger partial charge in [0, 0.05) is 11.3 Å². The van der Waals surface area contributed by atoms with Gasteiger partial charge in [-0.15, -0.1) is 0 Å². The van der Waals surface area contributed by atoms with E-state index in [0.29, 0.717) is 17.8 Å². The van der Waals surface area contributed by atoms with Crippen molar-refractivity contribution < 1.29 is 19.4 Å². The molecule has 0 spiro atoms. The lowest BCUT2D eigenvalue weighted by Gasteiger charge is -3.08. The second-order valence-corrected chi connectivity index (χ2v) is 10.1. The van der Waals surface area contributed by atoms with Gasteiger partial charge >= 0.3 is 12.1 Å². The van der Waals surface area contributed by atoms with E-state index in [4.69, 9.17) is 4.74 Å². The molecule has 0 saturated heterocycles. The van der Waals surface area contributed by atoms with Crippen LogP contribution in [0.25, 0.3) is 11.1 Å². The summed E-state index contributed by atoms with van der Waals surface area (Å²) in [6, 6.07) is 15.6. The normalized spacial score (nSPS) is 42.1. The molecule has 9 rings (SSSR count). The number of aliphatic carboxylic acids is 1. The average Bonchev–Trinajstić information content (AvgIpc) is 3.10. The Labute approximate surface area is 173 Å². The number of hydrogen-bond acceptors (Lipinski definition) is 3. The summed E-state index contributed by atoms with van der Waals surface area (Å²) >= 11 is 0. The number of carbonyl (C=O) groups excluding carboxylic acids is 1. The number of carboxylic acid groups (broad SMARTS) is 1. The Morgan fingerprint density at radius 3 is 1.97 bits per heavy atom. The fraction of sp³-hybridized carbons (Fsp3) is 0.440. The summed E-state index contributed by atoms with van der Waals surface area (Å²) in [5, 5.41) is 12.7. The number of benzene rings is 2. The Morgan fingerprint density at radius 2 is 1.43 bits per heavy atom. The largest absolute Gasteiger partial charge is 0.480 e. The molecule has 150 valence electrons. The van der Waals surface area contributed by atoms with E-state index in [2.05, 4.69) is 29.6 Å². The maximum atomic E-state index is 12.7. The van der Waals surface area contributed by atoms with Crippen LogP contribution in [0.3, 0.4) is 0 Å². The average molecular weight is 399 g/mol. The molecule has 1 atom stereocenters. The van der Waals surface area contributed by atoms with Crippen LogP contribution in [0.4, 0.5) is 4.79 Å². The SMILES string of the molecule is O=C(N[C@H](C(=O)O)C12C3C4C5C3C1C5C42)OCC1c2ccccc2-c2ccccc21. The van der Waals surface area contributed by atoms with Crippen LogP contribution in [0.5, 0.6) is 0 Å². The Morgan fingerprint density at radius 1 is 0.900 bits per heavy atom. The monoisotopic (exact) mass is 399 g/mol. The number of hydrogen-bond donors (Lipinski definition) is 2. The highest BCUT2D eigenvalue weighted by molar-refractivity contribution is 5.83. The molecule has 5 nitrogen and oxygen atoms in total. The Balaban J connectivity index is 1.01. The summed E-state index contributed by atoms with van der Waals surface area (Å²) < 4.78 is 5.62. The third kappa shape index (κ3) is 1.36. The molecule has 2 aromatic rings. The van der Waals surface area contributed by atoms with Gasteiger partial charge in [-0.2, -0.15) is 0 Å². The molecule has 5 heteroatoms. The Bertz CT molecular complexity index is 1070. The van der Waals surface area contributed by atoms with Crippen molar-refractivity contribution in [3.05, 3.63) is 59.7 Å². The molecular formula is C25H21NO4. The standard InChI is InChI=1S/C25H21NO4/c27-23(28)22(25-19-16-15-17(19)21(25)18(15)20(16)25)26-24(29)30-9-14-12-7-3-1-5-10(12)11-6-2-4-8-13(11)14/h1-8,14-22H,9H2,(H,26,29)(H,27,28)/t15?,16?,17?,18?,19?,20?,21?,22-,25?/m1/s1. The van der Waals surface area contributed by atoms with Crippen molar-refractivity contribution >= 4 is 12.1 Å². The predicted molar refractivity (Wildman–Crippen MR) is 106 cm³/mol. The molecule has 1 amide bonds. The zero-order valence-electron chi connectivity index (χ0n) is 16.2. The van der Waals surface area contributed by atoms with Gasteiger partial charge in [-0.1, -0.05) is 48.5 Å². The minimum absolute atomic E-state index is 0.0187. The third-order valence-corrected chi connectivity index (χ3v) is 9.91. The van der Waals surface area contributed by atoms with Crippen LogP contribution in [0.1, 0.15) is 17.0 Å². The smallest absolute Gasteiger partial charge is 0.407 e. The fourth-order valence-electron chi connectivity index (χ4n) is 9.26. The first-order valence-corrected chi connectivity index (χ1v) is 11.0. The lowest BCUT2D eigenvalue weighted by Crippen LogP contribution is -3.08. The maximum absolute atomic E-state index is 12.7. The van der Waals surface area contributed by atoms with Crippen molar-refractivity contribution in [3.63, 3.8) is 0 Å². The van der Waals surface area contributed by atoms with E-state index in [1.165, 1.54) is 11.1 Å². The Kier molecular flexibility index (Phi) is 2.52. The van der Waals surface area contributed by atoms with Gasteiger partial charge in [0.05, 0.1) is 0 Å². The van der Waals surface area contributed by atoms with Gasteiger partial charge in [-0.3, -0.25) is 0 Å². The number of rotatable bonds is 5. The van der Waals surface area contributed by atoms with Crippen molar-refractivity contribution in [2.24, 2.45) is 46.8 Å². The van der Waals surface area contributed by atoms with Crippen molar-refractivity contribution in [3.8, 4) is 11.1 Å². The summed E-state index contributed by atoms with van der Waals surface area (Å²) in [5.74, 6) is 3.97. The van der Waals surface area contributed by atoms with Gasteiger partial charge in [0.2, 0.25) is 0 Å². The first-order chi connectivity index (χ1) is 14.7. The second kappa shape index (κ2) is 4.74. The lowest BCUT2D eigenvalue weighted by atomic mass is 8.96. The number of ether oxygens (including phenoxy) is 1. The number of alkyl carbamates (subject to hydrolysis) is 1. The van der Waals surface area contributed by atoms with E-state index < -0.39 is 18.1 Å². The lowest BCUT2D eigenvalue weighted by molar-refractivity contribution is -0.617. The molecule has 0 heterocycles. The van der Waals surface area contributed by atoms with Gasteiger partial charge < -0.3 is 15.2 Å². The van der Waals surface area contributed by atoms with Crippen LogP contribution in [0, 0.1) is 46.8 Å². The van der Waals surface area contributed by atoms with E-state index in [1.807, 2.05) is 24.3 Å². The molecule has 0 radical (unpaired) electrons. The van der Waals surface area contributed by atoms with Crippen LogP contribution < -0.4 is 5.32 Å². The highest BCUT2D eigenvalue weighted by Gasteiger charge is 3.05. The van der Waals surface area contributed by atoms with Crippen molar-refractivity contribution in [1.82, 2.24) is 5.32 Å². The predicted octanol–water partition coefficient (Wildman–Crippen LogP) is 3.35. The molecule has 0 bridgehead atoms. The first kappa shape index (κ1) is 15.9. The molecule has 0 aromatic heterocycles. The molecular weight excluding hydrogens is 378 g/mol. The minimum atomic E-state index is -0.904. The third-order valence-electron chi connectivity index (χ3n) is 9.91. The molecule has 0 unspecified atom stereocenters. The molecule has 6 saturated carbocycles. The molecule has 2 N–H and O–H groups in total. The van der Waals surface area contributed by atoms with Crippen molar-refractivity contribution in [2.45, 2.75) is 12.0 Å². The van der Waals surface area contributed by atoms with Crippen LogP contribution in [0.15, 0.2) is 48.5 Å². The minimum Gasteiger partial charge on any atom is -0.480 e. The molecule has 2 aromatic carbocycles. The number of carboxylic acids is 1. The van der Waals surface area contributed by atoms with Gasteiger partial charge in [0.1, 0.15) is 12.6 Å². The van der Waals surface area contributed by atoms with Gasteiger partial charge in [0.25, 0.3) is 0 Å². The summed E-state index contributed by atoms with van der Waals surface area (Å²) in [5.41, 5.74) is 4.52. The number of fused-ring (bicyclic) bond motifs is 3. The van der Waals surface area contributed by atoms with Crippen molar-refractivity contribution in [1.29, 1.82) is 0 Å². The highest BCUT2D eigenvalue weighted by atomic mass is 16.5. The summed E-state index contributed by atoms with van der Waals surface area (Å²) in [6.45, 7) is 0.214. The van der Waals surface area contributed by atoms with Crippen LogP contribution in [-0.4, -0.2) is 29.8 Å². The topological polar surface area (TPSA) is 75.6 Å². The molecule has 6 fully saturated rings. The first-order valence-electron chi connectivity index (χ1n) is 11.0. The second-order valence-electron chi connectivity index (χ2n) is 10.1. The quantitative estimate of drug-likeness (QED) is 0.809. The van der Waals surface area contributed by atoms with Crippen LogP contribution >= 0.6 is 0 Å². The maximum Gasteiger partial charge on any atom is 0.407 e. The Hall–Kier alpha value is -2.82. The number of amides is 1. The zero-order valence-corrected chi connectivity index (χ0v) is 16.2. The summed E-state index contributed by atoms with van der Waals surface area (Å²) in [6.07, 6.45) is -0.599. The van der Waals surface area contributed by atoms with Gasteiger partial charge in [-0.25, -0.2) is 9.59 Å². The van der Waals surface area contributed by atoms with E-state index in [9.17, 15) is 14.7 Å². The summed E-state index contributed by atoms with van der Waals surface area (Å²) in [7, 11) is 0. The van der Waals surface area contributed by atoms with Crippen molar-refractivity contribution in [2.75, 3.05) is 6.61 Å². The van der Waals surface area contributed by atoms with E-state index >= 15 is 0 Å². The van der Waals surface area contributed by atoms with Crippen LogP contribution in [-0.2, 0) is 9.53 Å². The van der Waals surface area contributed by atoms with Gasteiger partial charge in [-0.05, 0) is 63.7 Å². The van der Waals surface area contributed by atoms with Gasteiger partial charge in [0.15, 0.2) is 0 Å². The van der Waals surface area contributed by atoms with E-state index in [-0.39, 0.29) is 17.9 Å². The van der Waals surface area contributed by atoms with Crippen LogP contribution in [0.2, 0.25) is 0 Å². The number of nitrogens with one attached hydrogen (secondary N) is 1.